The average Bonchev–Trinajstić information content (AvgIpc) is 2.29. The van der Waals surface area contributed by atoms with Crippen LogP contribution in [0.3, 0.4) is 0 Å². The summed E-state index contributed by atoms with van der Waals surface area (Å²) < 4.78 is 17.5. The van der Waals surface area contributed by atoms with Crippen LogP contribution in [0.4, 0.5) is 4.39 Å². The van der Waals surface area contributed by atoms with Gasteiger partial charge >= 0.3 is 5.97 Å². The molecule has 0 aliphatic carbocycles. The first-order valence-electron chi connectivity index (χ1n) is 5.38. The molecule has 1 atom stereocenters. The highest BCUT2D eigenvalue weighted by atomic mass is 19.1. The lowest BCUT2D eigenvalue weighted by atomic mass is 10.1. The van der Waals surface area contributed by atoms with Gasteiger partial charge in [-0.25, -0.2) is 4.39 Å². The minimum atomic E-state index is -0.656. The maximum absolute atomic E-state index is 12.7. The molecular formula is C13H12FNO3. The van der Waals surface area contributed by atoms with Crippen molar-refractivity contribution in [1.29, 1.82) is 5.26 Å². The second kappa shape index (κ2) is 6.50. The molecule has 0 saturated carbocycles. The zero-order valence-electron chi connectivity index (χ0n) is 9.85. The molecule has 0 N–H and O–H groups in total. The molecule has 0 aliphatic heterocycles. The SMILES string of the molecule is CC(CC(=O)c1ccc(F)cc1)OC(=O)CC#N. The van der Waals surface area contributed by atoms with E-state index in [4.69, 9.17) is 10.00 Å². The van der Waals surface area contributed by atoms with Crippen molar-refractivity contribution in [1.82, 2.24) is 0 Å². The van der Waals surface area contributed by atoms with E-state index < -0.39 is 17.9 Å². The molecule has 0 heterocycles. The minimum absolute atomic E-state index is 0.00278. The second-order valence-electron chi connectivity index (χ2n) is 3.77. The molecule has 0 aliphatic rings. The van der Waals surface area contributed by atoms with Gasteiger partial charge in [0.05, 0.1) is 6.07 Å². The molecule has 1 unspecified atom stereocenters. The Morgan fingerprint density at radius 1 is 1.39 bits per heavy atom. The third kappa shape index (κ3) is 4.34. The molecule has 0 saturated heterocycles. The third-order valence-electron chi connectivity index (χ3n) is 2.20. The zero-order chi connectivity index (χ0) is 13.5. The summed E-state index contributed by atoms with van der Waals surface area (Å²) in [4.78, 5) is 22.7. The molecule has 0 spiro atoms. The highest BCUT2D eigenvalue weighted by Gasteiger charge is 2.15. The van der Waals surface area contributed by atoms with Crippen LogP contribution in [-0.2, 0) is 9.53 Å². The zero-order valence-corrected chi connectivity index (χ0v) is 9.85. The van der Waals surface area contributed by atoms with E-state index in [1.165, 1.54) is 24.3 Å². The van der Waals surface area contributed by atoms with Gasteiger partial charge in [0.15, 0.2) is 5.78 Å². The lowest BCUT2D eigenvalue weighted by Gasteiger charge is -2.11. The van der Waals surface area contributed by atoms with Crippen molar-refractivity contribution in [2.24, 2.45) is 0 Å². The molecule has 0 amide bonds. The Morgan fingerprint density at radius 2 is 2.00 bits per heavy atom. The summed E-state index contributed by atoms with van der Waals surface area (Å²) in [5, 5.41) is 8.28. The fourth-order valence-electron chi connectivity index (χ4n) is 1.39. The number of benzene rings is 1. The maximum atomic E-state index is 12.7. The molecule has 1 rings (SSSR count). The van der Waals surface area contributed by atoms with Gasteiger partial charge in [0.2, 0.25) is 0 Å². The summed E-state index contributed by atoms with van der Waals surface area (Å²) in [6, 6.07) is 6.80. The van der Waals surface area contributed by atoms with Gasteiger partial charge in [0.1, 0.15) is 18.3 Å². The average molecular weight is 249 g/mol. The molecule has 0 bridgehead atoms. The number of carbonyl (C=O) groups is 2. The van der Waals surface area contributed by atoms with Crippen LogP contribution in [0.2, 0.25) is 0 Å². The van der Waals surface area contributed by atoms with Crippen molar-refractivity contribution >= 4 is 11.8 Å². The van der Waals surface area contributed by atoms with Crippen molar-refractivity contribution in [2.75, 3.05) is 0 Å². The topological polar surface area (TPSA) is 67.2 Å². The van der Waals surface area contributed by atoms with Gasteiger partial charge in [-0.15, -0.1) is 0 Å². The Bertz CT molecular complexity index is 476. The number of nitrogens with zero attached hydrogens (tertiary/aromatic N) is 1. The summed E-state index contributed by atoms with van der Waals surface area (Å²) in [5.74, 6) is -1.32. The number of esters is 1. The standard InChI is InChI=1S/C13H12FNO3/c1-9(18-13(17)6-7-15)8-12(16)10-2-4-11(14)5-3-10/h2-5,9H,6,8H2,1H3. The first kappa shape index (κ1) is 13.8. The van der Waals surface area contributed by atoms with Gasteiger partial charge in [0, 0.05) is 12.0 Å². The summed E-state index contributed by atoms with van der Waals surface area (Å²) in [6.45, 7) is 1.57. The van der Waals surface area contributed by atoms with E-state index in [1.54, 1.807) is 13.0 Å². The summed E-state index contributed by atoms with van der Waals surface area (Å²) in [7, 11) is 0. The number of Topliss-reactive ketones (excluding diaryl/α,β-unsaturated/α-hetero) is 1. The first-order valence-corrected chi connectivity index (χ1v) is 5.38. The van der Waals surface area contributed by atoms with E-state index in [0.717, 1.165) is 0 Å². The lowest BCUT2D eigenvalue weighted by Crippen LogP contribution is -2.18. The van der Waals surface area contributed by atoms with Crippen molar-refractivity contribution in [3.8, 4) is 6.07 Å². The summed E-state index contributed by atoms with van der Waals surface area (Å²) in [6.07, 6.45) is -0.943. The Hall–Kier alpha value is -2.22. The smallest absolute Gasteiger partial charge is 0.320 e. The quantitative estimate of drug-likeness (QED) is 0.593. The van der Waals surface area contributed by atoms with Crippen LogP contribution in [0.15, 0.2) is 24.3 Å². The van der Waals surface area contributed by atoms with Gasteiger partial charge in [0.25, 0.3) is 0 Å². The van der Waals surface area contributed by atoms with Crippen LogP contribution in [0.25, 0.3) is 0 Å². The predicted molar refractivity (Wildman–Crippen MR) is 61.1 cm³/mol. The normalized spacial score (nSPS) is 11.4. The van der Waals surface area contributed by atoms with Gasteiger partial charge < -0.3 is 4.74 Å². The predicted octanol–water partition coefficient (Wildman–Crippen LogP) is 2.24. The molecule has 0 aromatic heterocycles. The van der Waals surface area contributed by atoms with E-state index >= 15 is 0 Å². The Kier molecular flexibility index (Phi) is 5.00. The first-order chi connectivity index (χ1) is 8.52. The van der Waals surface area contributed by atoms with Crippen molar-refractivity contribution in [2.45, 2.75) is 25.9 Å². The van der Waals surface area contributed by atoms with E-state index in [2.05, 4.69) is 0 Å². The van der Waals surface area contributed by atoms with Gasteiger partial charge in [-0.2, -0.15) is 5.26 Å². The lowest BCUT2D eigenvalue weighted by molar-refractivity contribution is -0.146. The summed E-state index contributed by atoms with van der Waals surface area (Å²) in [5.41, 5.74) is 0.361. The monoisotopic (exact) mass is 249 g/mol. The van der Waals surface area contributed by atoms with Crippen LogP contribution in [0, 0.1) is 17.1 Å². The fourth-order valence-corrected chi connectivity index (χ4v) is 1.39. The second-order valence-corrected chi connectivity index (χ2v) is 3.77. The van der Waals surface area contributed by atoms with Gasteiger partial charge in [-0.1, -0.05) is 0 Å². The highest BCUT2D eigenvalue weighted by Crippen LogP contribution is 2.09. The Balaban J connectivity index is 2.52. The fraction of sp³-hybridized carbons (Fsp3) is 0.308. The molecule has 4 nitrogen and oxygen atoms in total. The Labute approximate surface area is 104 Å². The number of nitriles is 1. The van der Waals surface area contributed by atoms with Crippen molar-refractivity contribution in [3.63, 3.8) is 0 Å². The number of halogens is 1. The van der Waals surface area contributed by atoms with Gasteiger partial charge in [-0.3, -0.25) is 9.59 Å². The number of hydrogen-bond donors (Lipinski definition) is 0. The molecule has 5 heteroatoms. The molecule has 1 aromatic carbocycles. The minimum Gasteiger partial charge on any atom is -0.461 e. The van der Waals surface area contributed by atoms with E-state index in [0.29, 0.717) is 5.56 Å². The molecule has 18 heavy (non-hydrogen) atoms. The van der Waals surface area contributed by atoms with Gasteiger partial charge in [-0.05, 0) is 31.2 Å². The Morgan fingerprint density at radius 3 is 2.56 bits per heavy atom. The number of carbonyl (C=O) groups excluding carboxylic acids is 2. The van der Waals surface area contributed by atoms with Crippen LogP contribution >= 0.6 is 0 Å². The summed E-state index contributed by atoms with van der Waals surface area (Å²) >= 11 is 0. The van der Waals surface area contributed by atoms with E-state index in [9.17, 15) is 14.0 Å². The van der Waals surface area contributed by atoms with Crippen LogP contribution in [-0.4, -0.2) is 17.9 Å². The van der Waals surface area contributed by atoms with Crippen LogP contribution in [0.5, 0.6) is 0 Å². The third-order valence-corrected chi connectivity index (χ3v) is 2.20. The van der Waals surface area contributed by atoms with E-state index in [1.807, 2.05) is 0 Å². The molecule has 94 valence electrons. The number of hydrogen-bond acceptors (Lipinski definition) is 4. The number of ketones is 1. The number of rotatable bonds is 5. The van der Waals surface area contributed by atoms with Crippen molar-refractivity contribution in [3.05, 3.63) is 35.6 Å². The molecule has 0 fully saturated rings. The highest BCUT2D eigenvalue weighted by molar-refractivity contribution is 5.96. The molecule has 0 radical (unpaired) electrons. The van der Waals surface area contributed by atoms with Crippen molar-refractivity contribution < 1.29 is 18.7 Å². The number of ether oxygens (including phenoxy) is 1. The largest absolute Gasteiger partial charge is 0.461 e. The van der Waals surface area contributed by atoms with E-state index in [-0.39, 0.29) is 18.6 Å². The molecular weight excluding hydrogens is 237 g/mol. The maximum Gasteiger partial charge on any atom is 0.320 e. The van der Waals surface area contributed by atoms with Crippen LogP contribution < -0.4 is 0 Å². The molecule has 1 aromatic rings. The van der Waals surface area contributed by atoms with Crippen LogP contribution in [0.1, 0.15) is 30.1 Å².